The number of carbonyl (C=O) groups excluding carboxylic acids is 1. The Morgan fingerprint density at radius 3 is 2.67 bits per heavy atom. The minimum Gasteiger partial charge on any atom is -0.319 e. The molecule has 6 aromatic rings. The number of halogens is 3. The third kappa shape index (κ3) is 6.01. The lowest BCUT2D eigenvalue weighted by Gasteiger charge is -2.07. The van der Waals surface area contributed by atoms with Crippen LogP contribution in [-0.4, -0.2) is 36.4 Å². The predicted molar refractivity (Wildman–Crippen MR) is 167 cm³/mol. The van der Waals surface area contributed by atoms with Crippen molar-refractivity contribution in [2.45, 2.75) is 18.1 Å². The molecule has 3 aromatic carbocycles. The second-order valence-corrected chi connectivity index (χ2v) is 12.7. The molecule has 200 valence electrons. The Morgan fingerprint density at radius 2 is 1.85 bits per heavy atom. The molecule has 6 rings (SSSR count). The first-order chi connectivity index (χ1) is 19.4. The molecule has 0 radical (unpaired) electrons. The fourth-order valence-corrected chi connectivity index (χ4v) is 6.41. The summed E-state index contributed by atoms with van der Waals surface area (Å²) in [7, 11) is 0. The molecule has 3 heterocycles. The van der Waals surface area contributed by atoms with Crippen LogP contribution in [-0.2, 0) is 17.8 Å². The van der Waals surface area contributed by atoms with Gasteiger partial charge in [0.1, 0.15) is 5.52 Å². The third-order valence-corrected chi connectivity index (χ3v) is 9.07. The van der Waals surface area contributed by atoms with E-state index in [2.05, 4.69) is 59.2 Å². The zero-order chi connectivity index (χ0) is 27.6. The van der Waals surface area contributed by atoms with Crippen molar-refractivity contribution in [3.05, 3.63) is 103 Å². The maximum Gasteiger partial charge on any atom is 0.236 e. The van der Waals surface area contributed by atoms with E-state index in [-0.39, 0.29) is 11.7 Å². The molecule has 0 spiro atoms. The molecule has 7 nitrogen and oxygen atoms in total. The Morgan fingerprint density at radius 1 is 1.00 bits per heavy atom. The SMILES string of the molecule is O=C(CSc1nnc2c3cc(Br)ccc3n(Cc3ccccc3)c2n1)Nc1ncc(Cc2ccc(Cl)c(Cl)c2)s1. The van der Waals surface area contributed by atoms with Gasteiger partial charge in [0.05, 0.1) is 21.3 Å². The van der Waals surface area contributed by atoms with Gasteiger partial charge in [-0.25, -0.2) is 9.97 Å². The second kappa shape index (κ2) is 11.8. The van der Waals surface area contributed by atoms with Crippen molar-refractivity contribution in [3.63, 3.8) is 0 Å². The molecule has 1 amide bonds. The van der Waals surface area contributed by atoms with Crippen molar-refractivity contribution in [2.75, 3.05) is 11.1 Å². The van der Waals surface area contributed by atoms with Crippen LogP contribution in [0.25, 0.3) is 22.1 Å². The first-order valence-electron chi connectivity index (χ1n) is 12.1. The smallest absolute Gasteiger partial charge is 0.236 e. The molecule has 0 aliphatic rings. The van der Waals surface area contributed by atoms with Crippen molar-refractivity contribution in [1.29, 1.82) is 0 Å². The zero-order valence-electron chi connectivity index (χ0n) is 20.6. The quantitative estimate of drug-likeness (QED) is 0.166. The van der Waals surface area contributed by atoms with Crippen molar-refractivity contribution in [2.24, 2.45) is 0 Å². The highest BCUT2D eigenvalue weighted by Crippen LogP contribution is 2.31. The number of thioether (sulfide) groups is 1. The zero-order valence-corrected chi connectivity index (χ0v) is 25.4. The molecule has 0 atom stereocenters. The highest BCUT2D eigenvalue weighted by atomic mass is 79.9. The van der Waals surface area contributed by atoms with E-state index in [1.54, 1.807) is 12.3 Å². The van der Waals surface area contributed by atoms with E-state index in [4.69, 9.17) is 28.2 Å². The number of anilines is 1. The molecule has 1 N–H and O–H groups in total. The number of aromatic nitrogens is 5. The summed E-state index contributed by atoms with van der Waals surface area (Å²) in [6.45, 7) is 0.639. The van der Waals surface area contributed by atoms with E-state index in [9.17, 15) is 4.79 Å². The fraction of sp³-hybridized carbons (Fsp3) is 0.107. The summed E-state index contributed by atoms with van der Waals surface area (Å²) in [5.74, 6) is -0.0720. The maximum atomic E-state index is 12.7. The number of nitrogens with zero attached hydrogens (tertiary/aromatic N) is 5. The molecule has 40 heavy (non-hydrogen) atoms. The molecule has 0 saturated heterocycles. The van der Waals surface area contributed by atoms with Crippen LogP contribution in [0.4, 0.5) is 5.13 Å². The third-order valence-electron chi connectivity index (χ3n) is 6.09. The van der Waals surface area contributed by atoms with Crippen LogP contribution in [0.2, 0.25) is 10.0 Å². The molecule has 0 unspecified atom stereocenters. The summed E-state index contributed by atoms with van der Waals surface area (Å²) in [5.41, 5.74) is 4.63. The number of benzene rings is 3. The Bertz CT molecular complexity index is 1860. The lowest BCUT2D eigenvalue weighted by molar-refractivity contribution is -0.113. The molecule has 0 aliphatic heterocycles. The minimum atomic E-state index is -0.196. The molecule has 0 bridgehead atoms. The number of nitrogens with one attached hydrogen (secondary N) is 1. The lowest BCUT2D eigenvalue weighted by Crippen LogP contribution is -2.14. The largest absolute Gasteiger partial charge is 0.319 e. The summed E-state index contributed by atoms with van der Waals surface area (Å²) in [6.07, 6.45) is 2.40. The summed E-state index contributed by atoms with van der Waals surface area (Å²) in [4.78, 5) is 22.8. The number of thiazole rings is 1. The second-order valence-electron chi connectivity index (χ2n) is 8.89. The van der Waals surface area contributed by atoms with Gasteiger partial charge in [0.25, 0.3) is 0 Å². The minimum absolute atomic E-state index is 0.124. The number of hydrogen-bond donors (Lipinski definition) is 1. The van der Waals surface area contributed by atoms with Crippen LogP contribution in [0.5, 0.6) is 0 Å². The Kier molecular flexibility index (Phi) is 8.04. The van der Waals surface area contributed by atoms with Gasteiger partial charge >= 0.3 is 0 Å². The monoisotopic (exact) mass is 668 g/mol. The van der Waals surface area contributed by atoms with Crippen LogP contribution in [0.15, 0.2) is 82.6 Å². The van der Waals surface area contributed by atoms with E-state index in [1.165, 1.54) is 23.1 Å². The van der Waals surface area contributed by atoms with E-state index in [1.807, 2.05) is 42.5 Å². The van der Waals surface area contributed by atoms with E-state index < -0.39 is 0 Å². The molecule has 12 heteroatoms. The van der Waals surface area contributed by atoms with E-state index in [0.29, 0.717) is 33.3 Å². The standard InChI is InChI=1S/C28H19BrCl2N6OS2/c29-18-7-9-23-20(12-18)25-26(37(23)14-16-4-2-1-3-5-16)34-28(36-35-25)39-15-24(38)33-27-32-13-19(40-27)10-17-6-8-21(30)22(31)11-17/h1-9,11-13H,10,14-15H2,(H,32,33,38). The van der Waals surface area contributed by atoms with Gasteiger partial charge < -0.3 is 9.88 Å². The van der Waals surface area contributed by atoms with Crippen molar-refractivity contribution < 1.29 is 4.79 Å². The van der Waals surface area contributed by atoms with Crippen LogP contribution in [0.3, 0.4) is 0 Å². The number of hydrogen-bond acceptors (Lipinski definition) is 7. The first kappa shape index (κ1) is 27.2. The predicted octanol–water partition coefficient (Wildman–Crippen LogP) is 7.88. The average Bonchev–Trinajstić information content (AvgIpc) is 3.51. The Balaban J connectivity index is 1.16. The van der Waals surface area contributed by atoms with Gasteiger partial charge in [0, 0.05) is 33.9 Å². The number of amides is 1. The number of carbonyl (C=O) groups is 1. The molecule has 3 aromatic heterocycles. The van der Waals surface area contributed by atoms with Crippen molar-refractivity contribution in [1.82, 2.24) is 24.7 Å². The number of rotatable bonds is 8. The van der Waals surface area contributed by atoms with Gasteiger partial charge in [-0.1, -0.05) is 87.3 Å². The van der Waals surface area contributed by atoms with E-state index >= 15 is 0 Å². The van der Waals surface area contributed by atoms with Gasteiger partial charge in [-0.3, -0.25) is 4.79 Å². The molecular weight excluding hydrogens is 651 g/mol. The van der Waals surface area contributed by atoms with Gasteiger partial charge in [-0.15, -0.1) is 21.5 Å². The normalized spacial score (nSPS) is 11.4. The van der Waals surface area contributed by atoms with Crippen molar-refractivity contribution in [3.8, 4) is 0 Å². The molecule has 0 saturated carbocycles. The van der Waals surface area contributed by atoms with Crippen LogP contribution >= 0.6 is 62.2 Å². The Labute approximate surface area is 256 Å². The van der Waals surface area contributed by atoms with Gasteiger partial charge in [-0.05, 0) is 41.5 Å². The summed E-state index contributed by atoms with van der Waals surface area (Å²) >= 11 is 18.3. The van der Waals surface area contributed by atoms with Gasteiger partial charge in [0.2, 0.25) is 11.1 Å². The van der Waals surface area contributed by atoms with Gasteiger partial charge in [0.15, 0.2) is 10.8 Å². The number of fused-ring (bicyclic) bond motifs is 3. The maximum absolute atomic E-state index is 12.7. The summed E-state index contributed by atoms with van der Waals surface area (Å²) in [6, 6.07) is 21.8. The molecule has 0 fully saturated rings. The first-order valence-corrected chi connectivity index (χ1v) is 15.5. The van der Waals surface area contributed by atoms with Crippen LogP contribution in [0, 0.1) is 0 Å². The summed E-state index contributed by atoms with van der Waals surface area (Å²) in [5, 5.41) is 14.6. The molecule has 0 aliphatic carbocycles. The summed E-state index contributed by atoms with van der Waals surface area (Å²) < 4.78 is 3.09. The highest BCUT2D eigenvalue weighted by Gasteiger charge is 2.17. The van der Waals surface area contributed by atoms with Crippen LogP contribution in [0.1, 0.15) is 16.0 Å². The average molecular weight is 670 g/mol. The lowest BCUT2D eigenvalue weighted by atomic mass is 10.1. The Hall–Kier alpha value is -3.02. The van der Waals surface area contributed by atoms with Crippen LogP contribution < -0.4 is 5.32 Å². The van der Waals surface area contributed by atoms with Gasteiger partial charge in [-0.2, -0.15) is 0 Å². The molecular formula is C28H19BrCl2N6OS2. The van der Waals surface area contributed by atoms with E-state index in [0.717, 1.165) is 42.5 Å². The van der Waals surface area contributed by atoms with Crippen molar-refractivity contribution >= 4 is 95.3 Å². The highest BCUT2D eigenvalue weighted by molar-refractivity contribution is 9.10. The topological polar surface area (TPSA) is 85.6 Å². The fourth-order valence-electron chi connectivity index (χ4n) is 4.28.